The normalized spacial score (nSPS) is 13.1. The summed E-state index contributed by atoms with van der Waals surface area (Å²) in [6, 6.07) is 22.2. The number of nitrogens with zero attached hydrogens (tertiary/aromatic N) is 1. The maximum absolute atomic E-state index is 12.4. The summed E-state index contributed by atoms with van der Waals surface area (Å²) in [6.07, 6.45) is -2.07. The van der Waals surface area contributed by atoms with E-state index in [0.717, 1.165) is 13.0 Å². The Kier molecular flexibility index (Phi) is 8.90. The molecule has 198 valence electrons. The number of hydrogen-bond donors (Lipinski definition) is 3. The zero-order chi connectivity index (χ0) is 27.9. The van der Waals surface area contributed by atoms with Gasteiger partial charge >= 0.3 is 18.1 Å². The molecule has 0 bridgehead atoms. The lowest BCUT2D eigenvalue weighted by atomic mass is 9.95. The fourth-order valence-corrected chi connectivity index (χ4v) is 3.92. The van der Waals surface area contributed by atoms with Crippen molar-refractivity contribution < 1.29 is 37.8 Å². The van der Waals surface area contributed by atoms with Gasteiger partial charge in [0.15, 0.2) is 0 Å². The fraction of sp³-hybridized carbons (Fsp3) is 0.179. The lowest BCUT2D eigenvalue weighted by Crippen LogP contribution is -2.30. The summed E-state index contributed by atoms with van der Waals surface area (Å²) in [5, 5.41) is 19.7. The van der Waals surface area contributed by atoms with E-state index < -0.39 is 18.1 Å². The highest BCUT2D eigenvalue weighted by Crippen LogP contribution is 2.31. The smallest absolute Gasteiger partial charge is 0.478 e. The van der Waals surface area contributed by atoms with Crippen molar-refractivity contribution in [2.45, 2.75) is 19.5 Å². The Labute approximate surface area is 216 Å². The van der Waals surface area contributed by atoms with E-state index >= 15 is 0 Å². The van der Waals surface area contributed by atoms with Gasteiger partial charge in [-0.25, -0.2) is 9.59 Å². The average molecular weight is 527 g/mol. The van der Waals surface area contributed by atoms with Crippen LogP contribution in [0.4, 0.5) is 24.5 Å². The third kappa shape index (κ3) is 7.22. The van der Waals surface area contributed by atoms with E-state index in [4.69, 9.17) is 9.90 Å². The largest absolute Gasteiger partial charge is 0.490 e. The number of hydrogen-bond acceptors (Lipinski definition) is 4. The predicted molar refractivity (Wildman–Crippen MR) is 137 cm³/mol. The lowest BCUT2D eigenvalue weighted by Gasteiger charge is -2.30. The molecule has 0 aromatic heterocycles. The number of aryl methyl sites for hydroxylation is 1. The quantitative estimate of drug-likeness (QED) is 0.384. The zero-order valence-corrected chi connectivity index (χ0v) is 20.3. The second-order valence-corrected chi connectivity index (χ2v) is 8.40. The summed E-state index contributed by atoms with van der Waals surface area (Å²) in [7, 11) is 0. The summed E-state index contributed by atoms with van der Waals surface area (Å²) in [4.78, 5) is 35.3. The van der Waals surface area contributed by atoms with Crippen LogP contribution in [0.25, 0.3) is 5.57 Å². The van der Waals surface area contributed by atoms with Crippen LogP contribution in [0.15, 0.2) is 78.9 Å². The first kappa shape index (κ1) is 28.0. The monoisotopic (exact) mass is 526 g/mol. The van der Waals surface area contributed by atoms with Gasteiger partial charge in [-0.3, -0.25) is 4.79 Å². The van der Waals surface area contributed by atoms with E-state index in [9.17, 15) is 27.9 Å². The number of rotatable bonds is 5. The van der Waals surface area contributed by atoms with Crippen molar-refractivity contribution in [2.24, 2.45) is 0 Å². The molecule has 3 N–H and O–H groups in total. The minimum Gasteiger partial charge on any atom is -0.478 e. The molecule has 1 amide bonds. The van der Waals surface area contributed by atoms with Crippen molar-refractivity contribution in [3.05, 3.63) is 101 Å². The van der Waals surface area contributed by atoms with Gasteiger partial charge in [-0.15, -0.1) is 0 Å². The minimum absolute atomic E-state index is 0.179. The van der Waals surface area contributed by atoms with Crippen molar-refractivity contribution >= 4 is 34.8 Å². The van der Waals surface area contributed by atoms with Gasteiger partial charge in [-0.1, -0.05) is 48.5 Å². The van der Waals surface area contributed by atoms with Gasteiger partial charge in [0.25, 0.3) is 5.91 Å². The molecule has 1 aliphatic rings. The molecule has 0 saturated carbocycles. The van der Waals surface area contributed by atoms with Gasteiger partial charge in [-0.2, -0.15) is 13.2 Å². The Morgan fingerprint density at radius 3 is 2.11 bits per heavy atom. The Morgan fingerprint density at radius 2 is 1.55 bits per heavy atom. The Morgan fingerprint density at radius 1 is 0.921 bits per heavy atom. The fourth-order valence-electron chi connectivity index (χ4n) is 3.92. The van der Waals surface area contributed by atoms with Gasteiger partial charge in [0.05, 0.1) is 11.3 Å². The standard InChI is InChI=1S/C26H24N2O3.C2HF3O2/c1-18-7-5-6-10-22(18)19-13-15-28(16-14-19)24-12-11-21(17-23(24)26(30)31)27-25(29)20-8-3-2-4-9-20;3-2(4,5)1(6)7/h2-13,17H,14-16H2,1H3,(H,27,29)(H,30,31);(H,6,7). The van der Waals surface area contributed by atoms with Gasteiger partial charge in [0.2, 0.25) is 0 Å². The molecule has 7 nitrogen and oxygen atoms in total. The number of benzene rings is 3. The summed E-state index contributed by atoms with van der Waals surface area (Å²) in [6.45, 7) is 3.48. The summed E-state index contributed by atoms with van der Waals surface area (Å²) >= 11 is 0. The molecular weight excluding hydrogens is 501 g/mol. The SMILES string of the molecule is Cc1ccccc1C1=CCN(c2ccc(NC(=O)c3ccccc3)cc2C(=O)O)CC1.O=C(O)C(F)(F)F. The molecule has 0 atom stereocenters. The van der Waals surface area contributed by atoms with Crippen LogP contribution in [0.3, 0.4) is 0 Å². The van der Waals surface area contributed by atoms with E-state index in [2.05, 4.69) is 35.3 Å². The number of anilines is 2. The molecule has 1 heterocycles. The van der Waals surface area contributed by atoms with E-state index in [1.165, 1.54) is 22.8 Å². The molecule has 0 spiro atoms. The van der Waals surface area contributed by atoms with E-state index in [0.29, 0.717) is 23.5 Å². The number of halogens is 3. The number of alkyl halides is 3. The van der Waals surface area contributed by atoms with E-state index in [-0.39, 0.29) is 11.5 Å². The van der Waals surface area contributed by atoms with Gasteiger partial charge in [0, 0.05) is 24.3 Å². The predicted octanol–water partition coefficient (Wildman–Crippen LogP) is 5.87. The first-order chi connectivity index (χ1) is 18.0. The summed E-state index contributed by atoms with van der Waals surface area (Å²) < 4.78 is 31.7. The van der Waals surface area contributed by atoms with Crippen LogP contribution in [0.2, 0.25) is 0 Å². The molecule has 1 aliphatic heterocycles. The molecule has 3 aromatic carbocycles. The highest BCUT2D eigenvalue weighted by Gasteiger charge is 2.38. The third-order valence-electron chi connectivity index (χ3n) is 5.80. The number of aromatic carboxylic acids is 1. The molecule has 0 fully saturated rings. The van der Waals surface area contributed by atoms with Crippen LogP contribution < -0.4 is 10.2 Å². The molecule has 0 aliphatic carbocycles. The number of nitrogens with one attached hydrogen (secondary N) is 1. The maximum atomic E-state index is 12.4. The highest BCUT2D eigenvalue weighted by atomic mass is 19.4. The van der Waals surface area contributed by atoms with Gasteiger partial charge < -0.3 is 20.4 Å². The topological polar surface area (TPSA) is 107 Å². The number of amides is 1. The highest BCUT2D eigenvalue weighted by molar-refractivity contribution is 6.05. The van der Waals surface area contributed by atoms with Crippen molar-refractivity contribution in [1.82, 2.24) is 0 Å². The molecule has 3 aromatic rings. The van der Waals surface area contributed by atoms with Crippen LogP contribution in [0.1, 0.15) is 38.3 Å². The number of aliphatic carboxylic acids is 1. The Bertz CT molecular complexity index is 1350. The second-order valence-electron chi connectivity index (χ2n) is 8.40. The van der Waals surface area contributed by atoms with Crippen LogP contribution in [-0.4, -0.2) is 47.3 Å². The van der Waals surface area contributed by atoms with Crippen LogP contribution in [-0.2, 0) is 4.79 Å². The molecule has 4 rings (SSSR count). The second kappa shape index (κ2) is 12.1. The number of carboxylic acids is 2. The molecule has 10 heteroatoms. The lowest BCUT2D eigenvalue weighted by molar-refractivity contribution is -0.192. The first-order valence-corrected chi connectivity index (χ1v) is 11.5. The summed E-state index contributed by atoms with van der Waals surface area (Å²) in [5.41, 5.74) is 5.60. The van der Waals surface area contributed by atoms with Crippen molar-refractivity contribution in [3.8, 4) is 0 Å². The van der Waals surface area contributed by atoms with Gasteiger partial charge in [-0.05, 0) is 60.4 Å². The van der Waals surface area contributed by atoms with Crippen LogP contribution in [0.5, 0.6) is 0 Å². The van der Waals surface area contributed by atoms with E-state index in [1.54, 1.807) is 36.4 Å². The van der Waals surface area contributed by atoms with Gasteiger partial charge in [0.1, 0.15) is 0 Å². The third-order valence-corrected chi connectivity index (χ3v) is 5.80. The molecule has 38 heavy (non-hydrogen) atoms. The Hall–Kier alpha value is -4.60. The minimum atomic E-state index is -5.08. The molecule has 0 saturated heterocycles. The van der Waals surface area contributed by atoms with Crippen molar-refractivity contribution in [3.63, 3.8) is 0 Å². The first-order valence-electron chi connectivity index (χ1n) is 11.5. The van der Waals surface area contributed by atoms with Crippen LogP contribution in [0, 0.1) is 6.92 Å². The number of carboxylic acid groups (broad SMARTS) is 2. The van der Waals surface area contributed by atoms with Crippen molar-refractivity contribution in [2.75, 3.05) is 23.3 Å². The molecule has 0 unspecified atom stereocenters. The van der Waals surface area contributed by atoms with E-state index in [1.807, 2.05) is 18.2 Å². The van der Waals surface area contributed by atoms with Crippen molar-refractivity contribution in [1.29, 1.82) is 0 Å². The average Bonchev–Trinajstić information content (AvgIpc) is 2.89. The number of carbonyl (C=O) groups is 3. The molecular formula is C28H25F3N2O5. The summed E-state index contributed by atoms with van der Waals surface area (Å²) in [5.74, 6) is -4.04. The van der Waals surface area contributed by atoms with Crippen LogP contribution >= 0.6 is 0 Å². The maximum Gasteiger partial charge on any atom is 0.490 e. The molecule has 0 radical (unpaired) electrons. The number of carbonyl (C=O) groups excluding carboxylic acids is 1. The zero-order valence-electron chi connectivity index (χ0n) is 20.3. The Balaban J connectivity index is 0.000000505.